The highest BCUT2D eigenvalue weighted by Crippen LogP contribution is 2.45. The molecule has 0 bridgehead atoms. The van der Waals surface area contributed by atoms with Crippen molar-refractivity contribution >= 4 is 39.5 Å². The van der Waals surface area contributed by atoms with Crippen molar-refractivity contribution in [3.63, 3.8) is 0 Å². The lowest BCUT2D eigenvalue weighted by molar-refractivity contribution is -0.161. The topological polar surface area (TPSA) is 237 Å². The van der Waals surface area contributed by atoms with Crippen molar-refractivity contribution in [2.45, 2.75) is 316 Å². The summed E-state index contributed by atoms with van der Waals surface area (Å²) in [5.74, 6) is -2.25. The number of aliphatic hydroxyl groups is 1. The molecular formula is C77H132O17P2. The summed E-state index contributed by atoms with van der Waals surface area (Å²) in [6.45, 7) is 4.50. The van der Waals surface area contributed by atoms with Crippen LogP contribution in [0.5, 0.6) is 0 Å². The number of ether oxygens (including phenoxy) is 4. The van der Waals surface area contributed by atoms with Crippen LogP contribution in [-0.2, 0) is 65.4 Å². The first-order chi connectivity index (χ1) is 46.7. The van der Waals surface area contributed by atoms with E-state index in [1.807, 2.05) is 0 Å². The molecule has 552 valence electrons. The number of phosphoric acid groups is 2. The molecule has 0 aromatic carbocycles. The van der Waals surface area contributed by atoms with E-state index in [1.165, 1.54) is 51.4 Å². The fourth-order valence-corrected chi connectivity index (χ4v) is 11.2. The van der Waals surface area contributed by atoms with Crippen molar-refractivity contribution in [1.82, 2.24) is 0 Å². The average Bonchev–Trinajstić information content (AvgIpc) is 1.36. The van der Waals surface area contributed by atoms with Crippen LogP contribution in [0.1, 0.15) is 297 Å². The predicted molar refractivity (Wildman–Crippen MR) is 390 cm³/mol. The van der Waals surface area contributed by atoms with Gasteiger partial charge in [0.15, 0.2) is 12.2 Å². The van der Waals surface area contributed by atoms with Gasteiger partial charge in [-0.2, -0.15) is 0 Å². The van der Waals surface area contributed by atoms with Gasteiger partial charge < -0.3 is 33.8 Å². The third-order valence-corrected chi connectivity index (χ3v) is 17.1. The van der Waals surface area contributed by atoms with Crippen molar-refractivity contribution in [2.75, 3.05) is 39.6 Å². The normalized spacial score (nSPS) is 14.6. The van der Waals surface area contributed by atoms with Gasteiger partial charge in [0.2, 0.25) is 0 Å². The van der Waals surface area contributed by atoms with E-state index in [1.54, 1.807) is 0 Å². The van der Waals surface area contributed by atoms with Gasteiger partial charge in [-0.15, -0.1) is 0 Å². The fourth-order valence-electron chi connectivity index (χ4n) is 9.62. The molecule has 17 nitrogen and oxygen atoms in total. The summed E-state index contributed by atoms with van der Waals surface area (Å²) in [5, 5.41) is 10.6. The Bertz CT molecular complexity index is 2250. The number of carbonyl (C=O) groups is 4. The number of hydrogen-bond acceptors (Lipinski definition) is 15. The van der Waals surface area contributed by atoms with E-state index >= 15 is 0 Å². The molecule has 0 aromatic heterocycles. The van der Waals surface area contributed by atoms with Crippen LogP contribution >= 0.6 is 15.6 Å². The molecule has 19 heteroatoms. The zero-order valence-electron chi connectivity index (χ0n) is 60.0. The van der Waals surface area contributed by atoms with Crippen molar-refractivity contribution in [1.29, 1.82) is 0 Å². The van der Waals surface area contributed by atoms with Gasteiger partial charge in [-0.1, -0.05) is 259 Å². The van der Waals surface area contributed by atoms with Gasteiger partial charge in [0.05, 0.1) is 26.4 Å². The molecule has 0 aliphatic carbocycles. The van der Waals surface area contributed by atoms with Crippen LogP contribution in [0.15, 0.2) is 109 Å². The lowest BCUT2D eigenvalue weighted by atomic mass is 10.0. The highest BCUT2D eigenvalue weighted by molar-refractivity contribution is 7.47. The van der Waals surface area contributed by atoms with E-state index in [0.29, 0.717) is 25.7 Å². The second-order valence-corrected chi connectivity index (χ2v) is 27.4. The number of carbonyl (C=O) groups excluding carboxylic acids is 4. The molecule has 5 unspecified atom stereocenters. The van der Waals surface area contributed by atoms with Gasteiger partial charge in [-0.25, -0.2) is 9.13 Å². The Labute approximate surface area is 581 Å². The summed E-state index contributed by atoms with van der Waals surface area (Å²) >= 11 is 0. The lowest BCUT2D eigenvalue weighted by Crippen LogP contribution is -2.30. The minimum absolute atomic E-state index is 0.0648. The van der Waals surface area contributed by atoms with Crippen LogP contribution in [0.2, 0.25) is 0 Å². The summed E-state index contributed by atoms with van der Waals surface area (Å²) in [7, 11) is -9.96. The highest BCUT2D eigenvalue weighted by atomic mass is 31.2. The predicted octanol–water partition coefficient (Wildman–Crippen LogP) is 21.0. The van der Waals surface area contributed by atoms with Crippen LogP contribution in [0, 0.1) is 0 Å². The molecule has 0 spiro atoms. The molecular weight excluding hydrogens is 1260 g/mol. The van der Waals surface area contributed by atoms with Gasteiger partial charge in [-0.05, 0) is 122 Å². The summed E-state index contributed by atoms with van der Waals surface area (Å²) in [4.78, 5) is 72.7. The summed E-state index contributed by atoms with van der Waals surface area (Å²) < 4.78 is 68.3. The maximum absolute atomic E-state index is 13.1. The second-order valence-electron chi connectivity index (χ2n) is 24.5. The number of esters is 4. The summed E-state index contributed by atoms with van der Waals surface area (Å²) in [6.07, 6.45) is 72.3. The van der Waals surface area contributed by atoms with E-state index in [0.717, 1.165) is 167 Å². The van der Waals surface area contributed by atoms with Crippen molar-refractivity contribution in [3.05, 3.63) is 109 Å². The van der Waals surface area contributed by atoms with Crippen molar-refractivity contribution < 1.29 is 80.2 Å². The van der Waals surface area contributed by atoms with Crippen LogP contribution in [0.4, 0.5) is 0 Å². The Morgan fingerprint density at radius 2 is 0.562 bits per heavy atom. The van der Waals surface area contributed by atoms with Crippen LogP contribution in [0.25, 0.3) is 0 Å². The molecule has 0 radical (unpaired) electrons. The quantitative estimate of drug-likeness (QED) is 0.0169. The smallest absolute Gasteiger partial charge is 0.462 e. The first-order valence-electron chi connectivity index (χ1n) is 37.1. The Morgan fingerprint density at radius 1 is 0.302 bits per heavy atom. The van der Waals surface area contributed by atoms with Crippen LogP contribution in [-0.4, -0.2) is 96.7 Å². The molecule has 3 N–H and O–H groups in total. The molecule has 0 saturated heterocycles. The molecule has 0 saturated carbocycles. The SMILES string of the molecule is CC/C=C\C/C=C\C/C=C\C/C=C\CCCCC(=O)OCC(COP(=O)(O)OCC(O)COP(=O)(O)OCC(COC(=O)CCCCCCC/C=C\C/C=C\CCC)OC(=O)CCCCCCCCCCCCCCC)OC(=O)CCCCCCC/C=C\C/C=C\C/C=C\CC. The zero-order valence-corrected chi connectivity index (χ0v) is 61.8. The van der Waals surface area contributed by atoms with E-state index in [-0.39, 0.29) is 25.7 Å². The number of hydrogen-bond donors (Lipinski definition) is 3. The molecule has 0 fully saturated rings. The summed E-state index contributed by atoms with van der Waals surface area (Å²) in [5.41, 5.74) is 0. The van der Waals surface area contributed by atoms with Crippen molar-refractivity contribution in [3.8, 4) is 0 Å². The van der Waals surface area contributed by atoms with Crippen LogP contribution < -0.4 is 0 Å². The maximum Gasteiger partial charge on any atom is 0.472 e. The average molecular weight is 1390 g/mol. The van der Waals surface area contributed by atoms with E-state index in [2.05, 4.69) is 137 Å². The van der Waals surface area contributed by atoms with Gasteiger partial charge in [0.25, 0.3) is 0 Å². The Balaban J connectivity index is 5.39. The van der Waals surface area contributed by atoms with Crippen LogP contribution in [0.3, 0.4) is 0 Å². The molecule has 96 heavy (non-hydrogen) atoms. The third-order valence-electron chi connectivity index (χ3n) is 15.2. The minimum Gasteiger partial charge on any atom is -0.462 e. The minimum atomic E-state index is -4.99. The van der Waals surface area contributed by atoms with E-state index < -0.39 is 97.5 Å². The van der Waals surface area contributed by atoms with E-state index in [4.69, 9.17) is 37.0 Å². The molecule has 0 rings (SSSR count). The molecule has 0 aromatic rings. The number of allylic oxidation sites excluding steroid dienone is 18. The zero-order chi connectivity index (χ0) is 70.4. The maximum atomic E-state index is 13.1. The van der Waals surface area contributed by atoms with Gasteiger partial charge >= 0.3 is 39.5 Å². The molecule has 0 heterocycles. The van der Waals surface area contributed by atoms with Gasteiger partial charge in [-0.3, -0.25) is 37.3 Å². The molecule has 0 amide bonds. The van der Waals surface area contributed by atoms with E-state index in [9.17, 15) is 43.2 Å². The standard InChI is InChI=1S/C77H132O17P2/c1-5-9-13-17-21-25-29-33-35-39-42-46-50-54-58-62-75(80)88-68-73(94-77(82)64-60-56-52-48-44-40-36-34-30-26-22-18-14-10-6-2)70-92-96(85,86)90-66-71(78)65-89-95(83,84)91-69-72(93-76(81)63-59-55-51-47-43-38-32-28-24-20-16-12-8-4)67-87-74(79)61-57-53-49-45-41-37-31-27-23-19-15-11-7-3/h9-10,13-15,19,21-22,25-27,31,33-36,42,46,71-73,78H,5-8,11-12,16-18,20,23-24,28-30,32,37-41,43-45,47-70H2,1-4H3,(H,83,84)(H,85,86)/b13-9-,14-10-,19-15-,25-21-,26-22-,31-27-,35-33-,36-34-,46-42-. The highest BCUT2D eigenvalue weighted by Gasteiger charge is 2.30. The molecule has 0 aliphatic heterocycles. The Hall–Kier alpha value is -4.28. The Kier molecular flexibility index (Phi) is 66.1. The largest absolute Gasteiger partial charge is 0.472 e. The summed E-state index contributed by atoms with van der Waals surface area (Å²) in [6, 6.07) is 0. The monoisotopic (exact) mass is 1390 g/mol. The van der Waals surface area contributed by atoms with Gasteiger partial charge in [0, 0.05) is 25.7 Å². The van der Waals surface area contributed by atoms with Crippen molar-refractivity contribution in [2.24, 2.45) is 0 Å². The Morgan fingerprint density at radius 3 is 0.896 bits per heavy atom. The molecule has 5 atom stereocenters. The number of rotatable bonds is 69. The lowest BCUT2D eigenvalue weighted by Gasteiger charge is -2.21. The number of aliphatic hydroxyl groups excluding tert-OH is 1. The second kappa shape index (κ2) is 69.2. The first-order valence-corrected chi connectivity index (χ1v) is 40.1. The fraction of sp³-hybridized carbons (Fsp3) is 0.714. The third kappa shape index (κ3) is 68.3. The van der Waals surface area contributed by atoms with Gasteiger partial charge in [0.1, 0.15) is 19.3 Å². The number of unbranched alkanes of at least 4 members (excludes halogenated alkanes) is 25. The first kappa shape index (κ1) is 91.7. The molecule has 0 aliphatic rings. The number of phosphoric ester groups is 2.